The maximum atomic E-state index is 11.7. The lowest BCUT2D eigenvalue weighted by Crippen LogP contribution is -2.22. The number of rotatable bonds is 6. The summed E-state index contributed by atoms with van der Waals surface area (Å²) in [6.07, 6.45) is 0. The van der Waals surface area contributed by atoms with Crippen LogP contribution >= 0.6 is 0 Å². The number of anilines is 2. The summed E-state index contributed by atoms with van der Waals surface area (Å²) in [6, 6.07) is 5.32. The van der Waals surface area contributed by atoms with Crippen LogP contribution in [0.15, 0.2) is 18.2 Å². The Morgan fingerprint density at radius 1 is 1.44 bits per heavy atom. The van der Waals surface area contributed by atoms with Crippen LogP contribution in [0.3, 0.4) is 0 Å². The van der Waals surface area contributed by atoms with Crippen LogP contribution in [0.25, 0.3) is 0 Å². The van der Waals surface area contributed by atoms with Gasteiger partial charge in [-0.1, -0.05) is 0 Å². The lowest BCUT2D eigenvalue weighted by molar-refractivity contribution is 0.0527. The Labute approximate surface area is 107 Å². The highest BCUT2D eigenvalue weighted by Crippen LogP contribution is 2.21. The highest BCUT2D eigenvalue weighted by molar-refractivity contribution is 5.96. The maximum Gasteiger partial charge on any atom is 0.340 e. The number of nitrogen functional groups attached to an aromatic ring is 1. The van der Waals surface area contributed by atoms with Crippen molar-refractivity contribution < 1.29 is 14.3 Å². The van der Waals surface area contributed by atoms with Gasteiger partial charge in [-0.3, -0.25) is 0 Å². The Morgan fingerprint density at radius 3 is 2.78 bits per heavy atom. The molecule has 0 atom stereocenters. The smallest absolute Gasteiger partial charge is 0.340 e. The minimum Gasteiger partial charge on any atom is -0.462 e. The monoisotopic (exact) mass is 252 g/mol. The first-order valence-corrected chi connectivity index (χ1v) is 5.86. The van der Waals surface area contributed by atoms with E-state index in [1.54, 1.807) is 26.2 Å². The van der Waals surface area contributed by atoms with Crippen LogP contribution in [-0.4, -0.2) is 39.9 Å². The van der Waals surface area contributed by atoms with E-state index in [1.807, 2.05) is 18.0 Å². The van der Waals surface area contributed by atoms with Crippen LogP contribution in [0.2, 0.25) is 0 Å². The van der Waals surface area contributed by atoms with Crippen LogP contribution in [0.5, 0.6) is 0 Å². The van der Waals surface area contributed by atoms with Crippen LogP contribution < -0.4 is 10.6 Å². The van der Waals surface area contributed by atoms with E-state index in [4.69, 9.17) is 15.2 Å². The van der Waals surface area contributed by atoms with Gasteiger partial charge in [-0.2, -0.15) is 0 Å². The first-order valence-electron chi connectivity index (χ1n) is 5.86. The zero-order chi connectivity index (χ0) is 13.5. The molecule has 0 fully saturated rings. The van der Waals surface area contributed by atoms with Crippen molar-refractivity contribution in [1.29, 1.82) is 0 Å². The fraction of sp³-hybridized carbons (Fsp3) is 0.462. The fourth-order valence-corrected chi connectivity index (χ4v) is 1.52. The van der Waals surface area contributed by atoms with Crippen LogP contribution in [0, 0.1) is 0 Å². The summed E-state index contributed by atoms with van der Waals surface area (Å²) in [5.74, 6) is -0.392. The predicted octanol–water partition coefficient (Wildman–Crippen LogP) is 1.53. The van der Waals surface area contributed by atoms with Crippen molar-refractivity contribution in [2.75, 3.05) is 44.5 Å². The molecule has 0 bridgehead atoms. The van der Waals surface area contributed by atoms with Gasteiger partial charge in [-0.05, 0) is 25.1 Å². The van der Waals surface area contributed by atoms with E-state index in [-0.39, 0.29) is 0 Å². The number of esters is 1. The van der Waals surface area contributed by atoms with E-state index < -0.39 is 5.97 Å². The number of carbonyl (C=O) groups excluding carboxylic acids is 1. The van der Waals surface area contributed by atoms with Crippen LogP contribution in [0.1, 0.15) is 17.3 Å². The lowest BCUT2D eigenvalue weighted by atomic mass is 10.1. The van der Waals surface area contributed by atoms with Gasteiger partial charge in [0.05, 0.1) is 18.8 Å². The normalized spacial score (nSPS) is 10.2. The molecule has 5 heteroatoms. The van der Waals surface area contributed by atoms with Gasteiger partial charge in [0.15, 0.2) is 0 Å². The molecule has 0 radical (unpaired) electrons. The van der Waals surface area contributed by atoms with Crippen molar-refractivity contribution in [2.24, 2.45) is 0 Å². The van der Waals surface area contributed by atoms with Crippen molar-refractivity contribution in [2.45, 2.75) is 6.92 Å². The number of likely N-dealkylation sites (N-methyl/N-ethyl adjacent to an activating group) is 1. The average molecular weight is 252 g/mol. The zero-order valence-electron chi connectivity index (χ0n) is 11.1. The summed E-state index contributed by atoms with van der Waals surface area (Å²) < 4.78 is 9.98. The zero-order valence-corrected chi connectivity index (χ0v) is 11.1. The summed E-state index contributed by atoms with van der Waals surface area (Å²) in [7, 11) is 3.58. The Balaban J connectivity index is 2.89. The molecule has 0 aliphatic heterocycles. The Morgan fingerprint density at radius 2 is 2.17 bits per heavy atom. The molecule has 0 aliphatic rings. The molecule has 2 N–H and O–H groups in total. The molecule has 0 aliphatic carbocycles. The highest BCUT2D eigenvalue weighted by atomic mass is 16.5. The molecule has 100 valence electrons. The van der Waals surface area contributed by atoms with Crippen molar-refractivity contribution >= 4 is 17.3 Å². The first kappa shape index (κ1) is 14.3. The van der Waals surface area contributed by atoms with E-state index in [9.17, 15) is 4.79 Å². The molecular formula is C13H20N2O3. The van der Waals surface area contributed by atoms with Crippen LogP contribution in [0.4, 0.5) is 11.4 Å². The molecule has 0 spiro atoms. The molecule has 0 saturated carbocycles. The quantitative estimate of drug-likeness (QED) is 0.614. The summed E-state index contributed by atoms with van der Waals surface area (Å²) in [5, 5.41) is 0. The second-order valence-electron chi connectivity index (χ2n) is 3.91. The number of nitrogens with two attached hydrogens (primary N) is 1. The summed E-state index contributed by atoms with van der Waals surface area (Å²) >= 11 is 0. The highest BCUT2D eigenvalue weighted by Gasteiger charge is 2.12. The van der Waals surface area contributed by atoms with E-state index in [0.29, 0.717) is 24.5 Å². The average Bonchev–Trinajstić information content (AvgIpc) is 2.36. The number of hydrogen-bond donors (Lipinski definition) is 1. The molecule has 0 aromatic heterocycles. The number of methoxy groups -OCH3 is 1. The second-order valence-corrected chi connectivity index (χ2v) is 3.91. The standard InChI is InChI=1S/C13H20N2O3/c1-4-18-13(16)11-9-10(5-6-12(11)14)15(2)7-8-17-3/h5-6,9H,4,7-8,14H2,1-3H3. The minimum atomic E-state index is -0.392. The molecule has 5 nitrogen and oxygen atoms in total. The molecule has 18 heavy (non-hydrogen) atoms. The minimum absolute atomic E-state index is 0.335. The molecule has 0 heterocycles. The third kappa shape index (κ3) is 3.63. The SMILES string of the molecule is CCOC(=O)c1cc(N(C)CCOC)ccc1N. The second kappa shape index (κ2) is 6.86. The van der Waals surface area contributed by atoms with Gasteiger partial charge >= 0.3 is 5.97 Å². The van der Waals surface area contributed by atoms with Gasteiger partial charge in [0.2, 0.25) is 0 Å². The van der Waals surface area contributed by atoms with E-state index in [2.05, 4.69) is 0 Å². The Bertz CT molecular complexity index is 407. The molecular weight excluding hydrogens is 232 g/mol. The summed E-state index contributed by atoms with van der Waals surface area (Å²) in [4.78, 5) is 13.7. The number of nitrogens with zero attached hydrogens (tertiary/aromatic N) is 1. The Hall–Kier alpha value is -1.75. The molecule has 0 saturated heterocycles. The number of hydrogen-bond acceptors (Lipinski definition) is 5. The van der Waals surface area contributed by atoms with E-state index in [0.717, 1.165) is 12.2 Å². The number of benzene rings is 1. The van der Waals surface area contributed by atoms with Gasteiger partial charge in [0.1, 0.15) is 0 Å². The van der Waals surface area contributed by atoms with E-state index in [1.165, 1.54) is 0 Å². The van der Waals surface area contributed by atoms with Crippen molar-refractivity contribution in [3.63, 3.8) is 0 Å². The van der Waals surface area contributed by atoms with Crippen molar-refractivity contribution in [3.05, 3.63) is 23.8 Å². The lowest BCUT2D eigenvalue weighted by Gasteiger charge is -2.19. The number of ether oxygens (including phenoxy) is 2. The van der Waals surface area contributed by atoms with Crippen molar-refractivity contribution in [3.8, 4) is 0 Å². The number of carbonyl (C=O) groups is 1. The largest absolute Gasteiger partial charge is 0.462 e. The van der Waals surface area contributed by atoms with Gasteiger partial charge < -0.3 is 20.1 Å². The maximum absolute atomic E-state index is 11.7. The molecule has 1 aromatic carbocycles. The topological polar surface area (TPSA) is 64.8 Å². The van der Waals surface area contributed by atoms with Gasteiger partial charge in [0.25, 0.3) is 0 Å². The third-order valence-electron chi connectivity index (χ3n) is 2.60. The van der Waals surface area contributed by atoms with Crippen LogP contribution in [-0.2, 0) is 9.47 Å². The molecule has 1 rings (SSSR count). The molecule has 0 amide bonds. The first-order chi connectivity index (χ1) is 8.60. The fourth-order valence-electron chi connectivity index (χ4n) is 1.52. The predicted molar refractivity (Wildman–Crippen MR) is 72.0 cm³/mol. The summed E-state index contributed by atoms with van der Waals surface area (Å²) in [6.45, 7) is 3.46. The van der Waals surface area contributed by atoms with Gasteiger partial charge in [-0.25, -0.2) is 4.79 Å². The Kier molecular flexibility index (Phi) is 5.45. The van der Waals surface area contributed by atoms with Crippen molar-refractivity contribution in [1.82, 2.24) is 0 Å². The van der Waals surface area contributed by atoms with Gasteiger partial charge in [-0.15, -0.1) is 0 Å². The molecule has 0 unspecified atom stereocenters. The van der Waals surface area contributed by atoms with Gasteiger partial charge in [0, 0.05) is 32.1 Å². The summed E-state index contributed by atoms with van der Waals surface area (Å²) in [5.41, 5.74) is 7.51. The van der Waals surface area contributed by atoms with E-state index >= 15 is 0 Å². The molecule has 1 aromatic rings. The third-order valence-corrected chi connectivity index (χ3v) is 2.60.